The normalized spacial score (nSPS) is 13.7. The van der Waals surface area contributed by atoms with Crippen molar-refractivity contribution in [1.82, 2.24) is 0 Å². The maximum atomic E-state index is 10.3. The van der Waals surface area contributed by atoms with E-state index in [-0.39, 0.29) is 17.3 Å². The topological polar surface area (TPSA) is 51.2 Å². The fourth-order valence-electron chi connectivity index (χ4n) is 0.440. The number of rotatable bonds is 1. The minimum absolute atomic E-state index is 0.121. The van der Waals surface area contributed by atoms with Gasteiger partial charge in [0.05, 0.1) is 0 Å². The predicted molar refractivity (Wildman–Crippen MR) is 49.3 cm³/mol. The highest BCUT2D eigenvalue weighted by molar-refractivity contribution is 6.14. The van der Waals surface area contributed by atoms with Gasteiger partial charge in [-0.25, -0.2) is 0 Å². The highest BCUT2D eigenvalue weighted by atomic mass is 16.1. The largest absolute Gasteiger partial charge is 0.300 e. The quantitative estimate of drug-likeness (QED) is 0.570. The molecular formula is C10H12O3. The summed E-state index contributed by atoms with van der Waals surface area (Å²) in [6, 6.07) is 0. The summed E-state index contributed by atoms with van der Waals surface area (Å²) in [7, 11) is 0. The van der Waals surface area contributed by atoms with Crippen molar-refractivity contribution >= 4 is 17.3 Å². The van der Waals surface area contributed by atoms with Crippen LogP contribution < -0.4 is 0 Å². The Morgan fingerprint density at radius 1 is 1.08 bits per heavy atom. The zero-order valence-electron chi connectivity index (χ0n) is 7.74. The van der Waals surface area contributed by atoms with Gasteiger partial charge in [0.2, 0.25) is 0 Å². The van der Waals surface area contributed by atoms with Crippen LogP contribution in [-0.2, 0) is 14.4 Å². The third kappa shape index (κ3) is 6.87. The van der Waals surface area contributed by atoms with Crippen molar-refractivity contribution in [1.29, 1.82) is 0 Å². The van der Waals surface area contributed by atoms with Crippen molar-refractivity contribution in [3.63, 3.8) is 0 Å². The van der Waals surface area contributed by atoms with Crippen LogP contribution in [0.1, 0.15) is 20.3 Å². The average Bonchev–Trinajstić information content (AvgIpc) is 2.11. The zero-order chi connectivity index (χ0) is 10.3. The van der Waals surface area contributed by atoms with E-state index in [0.717, 1.165) is 0 Å². The summed E-state index contributed by atoms with van der Waals surface area (Å²) < 4.78 is 0. The van der Waals surface area contributed by atoms with Crippen molar-refractivity contribution in [2.24, 2.45) is 0 Å². The molecule has 0 spiro atoms. The van der Waals surface area contributed by atoms with Gasteiger partial charge in [-0.05, 0) is 31.2 Å². The molecule has 0 amide bonds. The van der Waals surface area contributed by atoms with Gasteiger partial charge in [-0.3, -0.25) is 9.59 Å². The third-order valence-electron chi connectivity index (χ3n) is 1.32. The second-order valence-electron chi connectivity index (χ2n) is 2.53. The minimum atomic E-state index is -0.121. The molecule has 0 heterocycles. The molecule has 0 aromatic heterocycles. The minimum Gasteiger partial charge on any atom is -0.300 e. The Labute approximate surface area is 77.1 Å². The Bertz CT molecular complexity index is 234. The lowest BCUT2D eigenvalue weighted by Crippen LogP contribution is -1.97. The second kappa shape index (κ2) is 6.06. The summed E-state index contributed by atoms with van der Waals surface area (Å²) in [6.45, 7) is 3.43. The van der Waals surface area contributed by atoms with E-state index in [1.165, 1.54) is 24.3 Å². The molecule has 1 rings (SSSR count). The molecule has 13 heavy (non-hydrogen) atoms. The highest BCUT2D eigenvalue weighted by Gasteiger charge is 1.97. The van der Waals surface area contributed by atoms with Crippen LogP contribution in [0.3, 0.4) is 0 Å². The van der Waals surface area contributed by atoms with Crippen molar-refractivity contribution in [2.45, 2.75) is 20.3 Å². The molecule has 0 aromatic rings. The first kappa shape index (κ1) is 11.5. The lowest BCUT2D eigenvalue weighted by molar-refractivity contribution is -0.116. The standard InChI is InChI=1S/C6H4O2.C4H8O/c7-5-1-2-6(8)4-3-5;1-3-4(2)5/h1-4H;3H2,1-2H3. The third-order valence-corrected chi connectivity index (χ3v) is 1.32. The maximum Gasteiger partial charge on any atom is 0.178 e. The maximum absolute atomic E-state index is 10.3. The van der Waals surface area contributed by atoms with Crippen LogP contribution in [0, 0.1) is 0 Å². The molecule has 70 valence electrons. The van der Waals surface area contributed by atoms with Crippen LogP contribution in [0.25, 0.3) is 0 Å². The molecule has 0 fully saturated rings. The molecule has 0 N–H and O–H groups in total. The number of hydrogen-bond acceptors (Lipinski definition) is 3. The van der Waals surface area contributed by atoms with E-state index in [1.54, 1.807) is 6.92 Å². The van der Waals surface area contributed by atoms with Crippen LogP contribution in [0.4, 0.5) is 0 Å². The predicted octanol–water partition coefficient (Wildman–Crippen LogP) is 1.24. The number of allylic oxidation sites excluding steroid dienone is 4. The van der Waals surface area contributed by atoms with E-state index in [0.29, 0.717) is 6.42 Å². The zero-order valence-corrected chi connectivity index (χ0v) is 7.74. The Hall–Kier alpha value is -1.51. The molecular weight excluding hydrogens is 168 g/mol. The molecule has 0 unspecified atom stereocenters. The van der Waals surface area contributed by atoms with Gasteiger partial charge < -0.3 is 4.79 Å². The fourth-order valence-corrected chi connectivity index (χ4v) is 0.440. The molecule has 0 bridgehead atoms. The summed E-state index contributed by atoms with van der Waals surface area (Å²) in [5.74, 6) is 0.0131. The van der Waals surface area contributed by atoms with Gasteiger partial charge in [-0.15, -0.1) is 0 Å². The monoisotopic (exact) mass is 180 g/mol. The van der Waals surface area contributed by atoms with Crippen LogP contribution in [0.2, 0.25) is 0 Å². The number of carbonyl (C=O) groups excluding carboxylic acids is 3. The molecule has 3 heteroatoms. The molecule has 1 aliphatic rings. The first-order valence-electron chi connectivity index (χ1n) is 3.99. The molecule has 0 saturated heterocycles. The highest BCUT2D eigenvalue weighted by Crippen LogP contribution is 1.90. The van der Waals surface area contributed by atoms with Crippen molar-refractivity contribution < 1.29 is 14.4 Å². The summed E-state index contributed by atoms with van der Waals surface area (Å²) in [6.07, 6.45) is 5.68. The number of ketones is 3. The van der Waals surface area contributed by atoms with Crippen molar-refractivity contribution in [2.75, 3.05) is 0 Å². The molecule has 3 nitrogen and oxygen atoms in total. The van der Waals surface area contributed by atoms with E-state index in [4.69, 9.17) is 0 Å². The molecule has 0 atom stereocenters. The lowest BCUT2D eigenvalue weighted by atomic mass is 10.2. The van der Waals surface area contributed by atoms with Gasteiger partial charge in [0.15, 0.2) is 11.6 Å². The van der Waals surface area contributed by atoms with E-state index in [2.05, 4.69) is 0 Å². The molecule has 1 aliphatic carbocycles. The van der Waals surface area contributed by atoms with Crippen molar-refractivity contribution in [3.05, 3.63) is 24.3 Å². The van der Waals surface area contributed by atoms with Crippen LogP contribution in [0.5, 0.6) is 0 Å². The van der Waals surface area contributed by atoms with E-state index < -0.39 is 0 Å². The summed E-state index contributed by atoms with van der Waals surface area (Å²) >= 11 is 0. The second-order valence-corrected chi connectivity index (χ2v) is 2.53. The van der Waals surface area contributed by atoms with Gasteiger partial charge in [0.1, 0.15) is 5.78 Å². The SMILES string of the molecule is CCC(C)=O.O=C1C=CC(=O)C=C1. The van der Waals surface area contributed by atoms with E-state index in [1.807, 2.05) is 6.92 Å². The van der Waals surface area contributed by atoms with E-state index in [9.17, 15) is 14.4 Å². The number of carbonyl (C=O) groups is 3. The van der Waals surface area contributed by atoms with Gasteiger partial charge in [0, 0.05) is 6.42 Å². The Morgan fingerprint density at radius 2 is 1.31 bits per heavy atom. The lowest BCUT2D eigenvalue weighted by Gasteiger charge is -1.87. The first-order chi connectivity index (χ1) is 6.06. The van der Waals surface area contributed by atoms with Gasteiger partial charge in [0.25, 0.3) is 0 Å². The first-order valence-corrected chi connectivity index (χ1v) is 3.99. The van der Waals surface area contributed by atoms with Crippen molar-refractivity contribution in [3.8, 4) is 0 Å². The Morgan fingerprint density at radius 3 is 1.46 bits per heavy atom. The molecule has 0 aliphatic heterocycles. The molecule has 0 aromatic carbocycles. The van der Waals surface area contributed by atoms with Gasteiger partial charge in [-0.2, -0.15) is 0 Å². The summed E-state index contributed by atoms with van der Waals surface area (Å²) in [5, 5.41) is 0. The van der Waals surface area contributed by atoms with Crippen LogP contribution in [-0.4, -0.2) is 17.3 Å². The Kier molecular flexibility index (Phi) is 5.35. The van der Waals surface area contributed by atoms with E-state index >= 15 is 0 Å². The Balaban J connectivity index is 0.000000252. The smallest absolute Gasteiger partial charge is 0.178 e. The molecule has 0 radical (unpaired) electrons. The summed E-state index contributed by atoms with van der Waals surface area (Å²) in [4.78, 5) is 30.4. The molecule has 0 saturated carbocycles. The van der Waals surface area contributed by atoms with Gasteiger partial charge >= 0.3 is 0 Å². The number of hydrogen-bond donors (Lipinski definition) is 0. The van der Waals surface area contributed by atoms with Crippen LogP contribution >= 0.6 is 0 Å². The number of Topliss-reactive ketones (excluding diaryl/α,β-unsaturated/α-hetero) is 1. The van der Waals surface area contributed by atoms with Crippen LogP contribution in [0.15, 0.2) is 24.3 Å². The fraction of sp³-hybridized carbons (Fsp3) is 0.300. The van der Waals surface area contributed by atoms with Gasteiger partial charge in [-0.1, -0.05) is 6.92 Å². The summed E-state index contributed by atoms with van der Waals surface area (Å²) in [5.41, 5.74) is 0. The average molecular weight is 180 g/mol.